The molecule has 2 aliphatic rings. The van der Waals surface area contributed by atoms with Gasteiger partial charge in [-0.05, 0) is 120 Å². The molecular formula is C56H85N9O11S. The van der Waals surface area contributed by atoms with Crippen molar-refractivity contribution in [1.82, 2.24) is 35.6 Å². The van der Waals surface area contributed by atoms with E-state index in [9.17, 15) is 48.3 Å². The zero-order chi connectivity index (χ0) is 56.9. The Balaban J connectivity index is 1.44. The van der Waals surface area contributed by atoms with Gasteiger partial charge < -0.3 is 41.7 Å². The maximum atomic E-state index is 14.6. The lowest BCUT2D eigenvalue weighted by Crippen LogP contribution is -2.59. The molecule has 3 heterocycles. The van der Waals surface area contributed by atoms with Crippen molar-refractivity contribution >= 4 is 70.3 Å². The molecule has 9 atom stereocenters. The Hall–Kier alpha value is -6.06. The van der Waals surface area contributed by atoms with Crippen LogP contribution in [-0.2, 0) is 49.5 Å². The highest BCUT2D eigenvalue weighted by molar-refractivity contribution is 7.09. The molecule has 1 fully saturated rings. The molecule has 1 saturated heterocycles. The summed E-state index contributed by atoms with van der Waals surface area (Å²) < 4.78 is 5.87. The van der Waals surface area contributed by atoms with E-state index in [-0.39, 0.29) is 85.3 Å². The third-order valence-corrected chi connectivity index (χ3v) is 15.6. The van der Waals surface area contributed by atoms with E-state index >= 15 is 0 Å². The maximum Gasteiger partial charge on any atom is 0.306 e. The number of esters is 1. The van der Waals surface area contributed by atoms with E-state index in [2.05, 4.69) is 33.2 Å². The van der Waals surface area contributed by atoms with Gasteiger partial charge in [-0.3, -0.25) is 53.0 Å². The molecule has 7 N–H and O–H groups in total. The summed E-state index contributed by atoms with van der Waals surface area (Å²) in [5.74, 6) is -4.69. The third-order valence-electron chi connectivity index (χ3n) is 14.7. The Bertz CT molecular complexity index is 2340. The SMILES string of the molecule is CC[C@H](C)[C@H](NC(=O)[C@H]1C[C@H](C)CCN1C)C(=O)N(CC)[C@H](C[C@@H](OC(C)=O)c1nc(C(=O)N[C@@H](Cc2ccc(NC(=O)C(CCCCN)NC(=O)CCCCCN3C(=O)C=CC3=O)cc2)C[C@H](C)C(=O)O)cs1)C(C)C. The van der Waals surface area contributed by atoms with Crippen LogP contribution in [0.1, 0.15) is 160 Å². The van der Waals surface area contributed by atoms with Gasteiger partial charge in [-0.15, -0.1) is 11.3 Å². The highest BCUT2D eigenvalue weighted by Crippen LogP contribution is 2.32. The number of thiazole rings is 1. The van der Waals surface area contributed by atoms with Crippen molar-refractivity contribution in [2.24, 2.45) is 29.4 Å². The van der Waals surface area contributed by atoms with Crippen LogP contribution < -0.4 is 27.0 Å². The summed E-state index contributed by atoms with van der Waals surface area (Å²) in [6.07, 6.45) is 7.84. The first-order chi connectivity index (χ1) is 36.6. The predicted molar refractivity (Wildman–Crippen MR) is 294 cm³/mol. The standard InChI is InChI=1S/C56H85N9O11S/c1-10-36(6)50(62-53(72)45-29-35(5)25-28-63(45)9)55(73)64(11-2)44(34(3)4)32-46(76-38(8)66)54-61-43(33-77-54)52(71)59-41(30-37(7)56(74)75)31-39-19-21-40(22-20-39)58-51(70)42(17-14-15-26-57)60-47(67)18-13-12-16-27-65-48(68)23-24-49(65)69/h19-24,33-37,41-42,44-46,50H,10-18,25-32,57H2,1-9H3,(H,58,70)(H,59,71)(H,60,67)(H,62,72)(H,74,75)/t35-,36+,37+,41-,42?,44-,45-,46-,50+/m1/s1. The van der Waals surface area contributed by atoms with Crippen LogP contribution in [0.15, 0.2) is 41.8 Å². The number of carbonyl (C=O) groups is 9. The molecular weight excluding hydrogens is 1010 g/mol. The second kappa shape index (κ2) is 31.4. The van der Waals surface area contributed by atoms with Crippen molar-refractivity contribution in [3.63, 3.8) is 0 Å². The summed E-state index contributed by atoms with van der Waals surface area (Å²) in [7, 11) is 1.94. The number of hydrogen-bond donors (Lipinski definition) is 6. The fraction of sp³-hybridized carbons (Fsp3) is 0.643. The molecule has 21 heteroatoms. The number of carbonyl (C=O) groups excluding carboxylic acids is 8. The van der Waals surface area contributed by atoms with Gasteiger partial charge in [0.15, 0.2) is 6.10 Å². The van der Waals surface area contributed by atoms with E-state index in [1.54, 1.807) is 41.5 Å². The lowest BCUT2D eigenvalue weighted by atomic mass is 9.90. The van der Waals surface area contributed by atoms with E-state index in [0.29, 0.717) is 81.1 Å². The van der Waals surface area contributed by atoms with Crippen LogP contribution in [0.4, 0.5) is 5.69 Å². The molecule has 2 aliphatic heterocycles. The number of anilines is 1. The largest absolute Gasteiger partial charge is 0.481 e. The number of aromatic nitrogens is 1. The Kier molecular flexibility index (Phi) is 25.9. The van der Waals surface area contributed by atoms with Gasteiger partial charge in [-0.25, -0.2) is 4.98 Å². The van der Waals surface area contributed by atoms with Gasteiger partial charge in [0.2, 0.25) is 23.6 Å². The molecule has 0 spiro atoms. The Morgan fingerprint density at radius 1 is 0.922 bits per heavy atom. The molecule has 1 aromatic carbocycles. The first-order valence-electron chi connectivity index (χ1n) is 27.5. The molecule has 1 unspecified atom stereocenters. The van der Waals surface area contributed by atoms with Gasteiger partial charge in [0.05, 0.1) is 12.0 Å². The first-order valence-corrected chi connectivity index (χ1v) is 28.3. The number of aliphatic carboxylic acids is 1. The van der Waals surface area contributed by atoms with E-state index in [1.807, 2.05) is 46.6 Å². The lowest BCUT2D eigenvalue weighted by Gasteiger charge is -2.40. The normalized spacial score (nSPS) is 18.4. The molecule has 2 aromatic rings. The van der Waals surface area contributed by atoms with E-state index < -0.39 is 59.9 Å². The summed E-state index contributed by atoms with van der Waals surface area (Å²) >= 11 is 1.13. The minimum Gasteiger partial charge on any atom is -0.481 e. The van der Waals surface area contributed by atoms with Gasteiger partial charge >= 0.3 is 11.9 Å². The number of carboxylic acids is 1. The number of unbranched alkanes of at least 4 members (excludes halogenated alkanes) is 3. The van der Waals surface area contributed by atoms with Crippen molar-refractivity contribution in [2.75, 3.05) is 38.5 Å². The number of ether oxygens (including phenoxy) is 1. The summed E-state index contributed by atoms with van der Waals surface area (Å²) in [5.41, 5.74) is 6.94. The highest BCUT2D eigenvalue weighted by Gasteiger charge is 2.39. The number of amides is 7. The quantitative estimate of drug-likeness (QED) is 0.0289. The van der Waals surface area contributed by atoms with Crippen LogP contribution in [0.5, 0.6) is 0 Å². The summed E-state index contributed by atoms with van der Waals surface area (Å²) in [4.78, 5) is 127. The number of likely N-dealkylation sites (tertiary alicyclic amines) is 1. The number of nitrogens with zero attached hydrogens (tertiary/aromatic N) is 4. The molecule has 0 bridgehead atoms. The van der Waals surface area contributed by atoms with Crippen LogP contribution in [0, 0.1) is 23.7 Å². The van der Waals surface area contributed by atoms with Gasteiger partial charge in [-0.2, -0.15) is 0 Å². The van der Waals surface area contributed by atoms with Crippen LogP contribution in [0.3, 0.4) is 0 Å². The minimum atomic E-state index is -1.04. The van der Waals surface area contributed by atoms with Crippen molar-refractivity contribution in [3.8, 4) is 0 Å². The average molecular weight is 1090 g/mol. The molecule has 20 nitrogen and oxygen atoms in total. The second-order valence-corrected chi connectivity index (χ2v) is 22.1. The smallest absolute Gasteiger partial charge is 0.306 e. The van der Waals surface area contributed by atoms with Gasteiger partial charge in [0.1, 0.15) is 22.8 Å². The monoisotopic (exact) mass is 1090 g/mol. The summed E-state index contributed by atoms with van der Waals surface area (Å²) in [6.45, 7) is 16.6. The van der Waals surface area contributed by atoms with Crippen molar-refractivity contribution in [1.29, 1.82) is 0 Å². The molecule has 77 heavy (non-hydrogen) atoms. The number of nitrogens with two attached hydrogens (primary N) is 1. The van der Waals surface area contributed by atoms with Crippen LogP contribution in [0.2, 0.25) is 0 Å². The van der Waals surface area contributed by atoms with E-state index in [0.717, 1.165) is 34.8 Å². The molecule has 1 aromatic heterocycles. The van der Waals surface area contributed by atoms with Gasteiger partial charge in [0.25, 0.3) is 17.7 Å². The molecule has 426 valence electrons. The lowest BCUT2D eigenvalue weighted by molar-refractivity contribution is -0.150. The fourth-order valence-corrected chi connectivity index (χ4v) is 10.6. The summed E-state index contributed by atoms with van der Waals surface area (Å²) in [6, 6.07) is 3.83. The topological polar surface area (TPSA) is 280 Å². The third kappa shape index (κ3) is 19.7. The van der Waals surface area contributed by atoms with Crippen LogP contribution >= 0.6 is 11.3 Å². The van der Waals surface area contributed by atoms with E-state index in [1.165, 1.54) is 19.1 Å². The Morgan fingerprint density at radius 2 is 1.61 bits per heavy atom. The number of hydrogen-bond acceptors (Lipinski definition) is 14. The Morgan fingerprint density at radius 3 is 2.22 bits per heavy atom. The van der Waals surface area contributed by atoms with Crippen molar-refractivity contribution in [2.45, 2.75) is 175 Å². The Labute approximate surface area is 458 Å². The average Bonchev–Trinajstić information content (AvgIpc) is 4.01. The zero-order valence-electron chi connectivity index (χ0n) is 46.6. The highest BCUT2D eigenvalue weighted by atomic mass is 32.1. The number of carboxylic acid groups (broad SMARTS) is 1. The number of imide groups is 1. The number of rotatable bonds is 32. The second-order valence-electron chi connectivity index (χ2n) is 21.3. The summed E-state index contributed by atoms with van der Waals surface area (Å²) in [5, 5.41) is 23.6. The first kappa shape index (κ1) is 63.5. The number of benzene rings is 1. The van der Waals surface area contributed by atoms with Crippen LogP contribution in [-0.4, -0.2) is 142 Å². The van der Waals surface area contributed by atoms with Gasteiger partial charge in [-0.1, -0.05) is 66.5 Å². The maximum absolute atomic E-state index is 14.6. The molecule has 7 amide bonds. The molecule has 0 aliphatic carbocycles. The predicted octanol–water partition coefficient (Wildman–Crippen LogP) is 5.76. The number of likely N-dealkylation sites (N-methyl/N-ethyl adjacent to an activating group) is 2. The molecule has 0 saturated carbocycles. The zero-order valence-corrected chi connectivity index (χ0v) is 47.5. The fourth-order valence-electron chi connectivity index (χ4n) is 9.78. The molecule has 0 radical (unpaired) electrons. The van der Waals surface area contributed by atoms with Gasteiger partial charge in [0, 0.05) is 68.2 Å². The number of nitrogens with one attached hydrogen (secondary N) is 4. The van der Waals surface area contributed by atoms with Crippen molar-refractivity contribution < 1.29 is 53.0 Å². The van der Waals surface area contributed by atoms with Crippen molar-refractivity contribution in [3.05, 3.63) is 58.1 Å². The van der Waals surface area contributed by atoms with Crippen LogP contribution in [0.25, 0.3) is 0 Å². The van der Waals surface area contributed by atoms with E-state index in [4.69, 9.17) is 10.5 Å². The molecule has 4 rings (SSSR count). The number of piperidine rings is 1. The minimum absolute atomic E-state index is 0.0398.